The van der Waals surface area contributed by atoms with Gasteiger partial charge in [-0.2, -0.15) is 5.10 Å². The lowest BCUT2D eigenvalue weighted by molar-refractivity contribution is 0.0328. The van der Waals surface area contributed by atoms with Gasteiger partial charge in [0.25, 0.3) is 5.56 Å². The standard InChI is InChI=1S/C19H23N5O2/c1-3-17-20-18(13-23-8-10-26-11-9-23)24(21-17)16-12-19(25)22(2)15-7-5-4-6-14(15)16/h4-7,12H,3,8-11,13H2,1-2H3. The van der Waals surface area contributed by atoms with Crippen LogP contribution in [0.1, 0.15) is 18.6 Å². The van der Waals surface area contributed by atoms with E-state index in [0.717, 1.165) is 61.0 Å². The summed E-state index contributed by atoms with van der Waals surface area (Å²) in [5, 5.41) is 5.68. The molecule has 1 saturated heterocycles. The fraction of sp³-hybridized carbons (Fsp3) is 0.421. The van der Waals surface area contributed by atoms with Gasteiger partial charge in [-0.25, -0.2) is 9.67 Å². The van der Waals surface area contributed by atoms with E-state index in [1.54, 1.807) is 17.7 Å². The third-order valence-electron chi connectivity index (χ3n) is 4.86. The van der Waals surface area contributed by atoms with Gasteiger partial charge in [-0.15, -0.1) is 0 Å². The zero-order valence-electron chi connectivity index (χ0n) is 15.2. The molecule has 1 fully saturated rings. The zero-order chi connectivity index (χ0) is 18.1. The Kier molecular flexibility index (Phi) is 4.57. The van der Waals surface area contributed by atoms with E-state index in [1.165, 1.54) is 0 Å². The molecule has 3 heterocycles. The summed E-state index contributed by atoms with van der Waals surface area (Å²) in [4.78, 5) is 19.5. The van der Waals surface area contributed by atoms with Crippen molar-refractivity contribution >= 4 is 10.9 Å². The molecule has 0 unspecified atom stereocenters. The van der Waals surface area contributed by atoms with Gasteiger partial charge in [-0.1, -0.05) is 25.1 Å². The Morgan fingerprint density at radius 1 is 1.19 bits per heavy atom. The van der Waals surface area contributed by atoms with Crippen LogP contribution < -0.4 is 5.56 Å². The van der Waals surface area contributed by atoms with Crippen LogP contribution in [0.25, 0.3) is 16.6 Å². The summed E-state index contributed by atoms with van der Waals surface area (Å²) in [7, 11) is 1.79. The van der Waals surface area contributed by atoms with E-state index in [-0.39, 0.29) is 5.56 Å². The maximum Gasteiger partial charge on any atom is 0.252 e. The van der Waals surface area contributed by atoms with E-state index in [1.807, 2.05) is 35.9 Å². The molecule has 7 nitrogen and oxygen atoms in total. The predicted molar refractivity (Wildman–Crippen MR) is 99.6 cm³/mol. The topological polar surface area (TPSA) is 65.2 Å². The van der Waals surface area contributed by atoms with E-state index in [2.05, 4.69) is 10.00 Å². The molecule has 0 atom stereocenters. The normalized spacial score (nSPS) is 15.6. The van der Waals surface area contributed by atoms with E-state index < -0.39 is 0 Å². The third kappa shape index (κ3) is 3.04. The largest absolute Gasteiger partial charge is 0.379 e. The van der Waals surface area contributed by atoms with Gasteiger partial charge in [-0.3, -0.25) is 9.69 Å². The molecule has 136 valence electrons. The minimum atomic E-state index is -0.0513. The molecule has 3 aromatic rings. The molecule has 0 aliphatic carbocycles. The van der Waals surface area contributed by atoms with Crippen molar-refractivity contribution in [2.75, 3.05) is 26.3 Å². The SMILES string of the molecule is CCc1nc(CN2CCOCC2)n(-c2cc(=O)n(C)c3ccccc23)n1. The van der Waals surface area contributed by atoms with E-state index >= 15 is 0 Å². The van der Waals surface area contributed by atoms with Crippen LogP contribution in [0.5, 0.6) is 0 Å². The molecule has 1 aromatic carbocycles. The first kappa shape index (κ1) is 16.9. The van der Waals surface area contributed by atoms with Crippen molar-refractivity contribution in [3.63, 3.8) is 0 Å². The number of fused-ring (bicyclic) bond motifs is 1. The minimum absolute atomic E-state index is 0.0513. The van der Waals surface area contributed by atoms with Crippen LogP contribution in [-0.2, 0) is 24.8 Å². The Balaban J connectivity index is 1.85. The number of para-hydroxylation sites is 1. The van der Waals surface area contributed by atoms with Crippen LogP contribution in [0.15, 0.2) is 35.1 Å². The molecule has 1 aliphatic heterocycles. The number of ether oxygens (including phenoxy) is 1. The first-order chi connectivity index (χ1) is 12.7. The highest BCUT2D eigenvalue weighted by molar-refractivity contribution is 5.87. The Morgan fingerprint density at radius 2 is 1.96 bits per heavy atom. The molecule has 0 spiro atoms. The van der Waals surface area contributed by atoms with Crippen LogP contribution >= 0.6 is 0 Å². The van der Waals surface area contributed by atoms with Crippen molar-refractivity contribution in [3.05, 3.63) is 52.3 Å². The number of rotatable bonds is 4. The lowest BCUT2D eigenvalue weighted by Gasteiger charge is -2.26. The Bertz CT molecular complexity index is 985. The van der Waals surface area contributed by atoms with Crippen LogP contribution in [0.3, 0.4) is 0 Å². The highest BCUT2D eigenvalue weighted by Gasteiger charge is 2.19. The monoisotopic (exact) mass is 353 g/mol. The molecule has 0 bridgehead atoms. The summed E-state index contributed by atoms with van der Waals surface area (Å²) in [6, 6.07) is 9.56. The van der Waals surface area contributed by atoms with Crippen LogP contribution in [0.4, 0.5) is 0 Å². The first-order valence-corrected chi connectivity index (χ1v) is 9.01. The van der Waals surface area contributed by atoms with Gasteiger partial charge in [-0.05, 0) is 6.07 Å². The van der Waals surface area contributed by atoms with Gasteiger partial charge in [0.1, 0.15) is 5.82 Å². The fourth-order valence-corrected chi connectivity index (χ4v) is 3.36. The Hall–Kier alpha value is -2.51. The quantitative estimate of drug-likeness (QED) is 0.711. The number of aromatic nitrogens is 4. The van der Waals surface area contributed by atoms with Gasteiger partial charge in [0.05, 0.1) is 31.0 Å². The lowest BCUT2D eigenvalue weighted by atomic mass is 10.2. The first-order valence-electron chi connectivity index (χ1n) is 9.01. The zero-order valence-corrected chi connectivity index (χ0v) is 15.2. The second kappa shape index (κ2) is 7.01. The molecule has 7 heteroatoms. The number of nitrogens with zero attached hydrogens (tertiary/aromatic N) is 5. The minimum Gasteiger partial charge on any atom is -0.379 e. The predicted octanol–water partition coefficient (Wildman–Crippen LogP) is 1.51. The van der Waals surface area contributed by atoms with Crippen LogP contribution in [0.2, 0.25) is 0 Å². The van der Waals surface area contributed by atoms with Gasteiger partial charge in [0.2, 0.25) is 0 Å². The van der Waals surface area contributed by atoms with Crippen molar-refractivity contribution in [2.45, 2.75) is 19.9 Å². The highest BCUT2D eigenvalue weighted by Crippen LogP contribution is 2.21. The van der Waals surface area contributed by atoms with Crippen LogP contribution in [-0.4, -0.2) is 50.5 Å². The summed E-state index contributed by atoms with van der Waals surface area (Å²) in [5.74, 6) is 1.65. The van der Waals surface area contributed by atoms with Gasteiger partial charge in [0.15, 0.2) is 5.82 Å². The average Bonchev–Trinajstić information content (AvgIpc) is 3.08. The maximum atomic E-state index is 12.5. The summed E-state index contributed by atoms with van der Waals surface area (Å²) < 4.78 is 8.95. The Labute approximate surface area is 151 Å². The van der Waals surface area contributed by atoms with Crippen molar-refractivity contribution in [1.29, 1.82) is 0 Å². The smallest absolute Gasteiger partial charge is 0.252 e. The van der Waals surface area contributed by atoms with Crippen LogP contribution in [0, 0.1) is 0 Å². The van der Waals surface area contributed by atoms with Crippen molar-refractivity contribution in [3.8, 4) is 5.69 Å². The molecular formula is C19H23N5O2. The molecule has 2 aromatic heterocycles. The van der Waals surface area contributed by atoms with Crippen molar-refractivity contribution < 1.29 is 4.74 Å². The summed E-state index contributed by atoms with van der Waals surface area (Å²) >= 11 is 0. The average molecular weight is 353 g/mol. The third-order valence-corrected chi connectivity index (χ3v) is 4.86. The molecule has 0 saturated carbocycles. The summed E-state index contributed by atoms with van der Waals surface area (Å²) in [5.41, 5.74) is 1.63. The van der Waals surface area contributed by atoms with Gasteiger partial charge >= 0.3 is 0 Å². The lowest BCUT2D eigenvalue weighted by Crippen LogP contribution is -2.36. The molecule has 0 N–H and O–H groups in total. The highest BCUT2D eigenvalue weighted by atomic mass is 16.5. The second-order valence-electron chi connectivity index (χ2n) is 6.54. The Morgan fingerprint density at radius 3 is 2.73 bits per heavy atom. The molecule has 1 aliphatic rings. The maximum absolute atomic E-state index is 12.5. The molecule has 4 rings (SSSR count). The number of hydrogen-bond acceptors (Lipinski definition) is 5. The molecule has 26 heavy (non-hydrogen) atoms. The van der Waals surface area contributed by atoms with E-state index in [0.29, 0.717) is 6.54 Å². The summed E-state index contributed by atoms with van der Waals surface area (Å²) in [6.45, 7) is 5.98. The molecule has 0 radical (unpaired) electrons. The fourth-order valence-electron chi connectivity index (χ4n) is 3.36. The number of hydrogen-bond donors (Lipinski definition) is 0. The van der Waals surface area contributed by atoms with Gasteiger partial charge in [0, 0.05) is 38.0 Å². The number of morpholine rings is 1. The molecule has 0 amide bonds. The van der Waals surface area contributed by atoms with Crippen molar-refractivity contribution in [2.24, 2.45) is 7.05 Å². The number of aryl methyl sites for hydroxylation is 2. The second-order valence-corrected chi connectivity index (χ2v) is 6.54. The van der Waals surface area contributed by atoms with E-state index in [9.17, 15) is 4.79 Å². The van der Waals surface area contributed by atoms with Gasteiger partial charge < -0.3 is 9.30 Å². The van der Waals surface area contributed by atoms with E-state index in [4.69, 9.17) is 9.72 Å². The molecular weight excluding hydrogens is 330 g/mol. The number of pyridine rings is 1. The summed E-state index contributed by atoms with van der Waals surface area (Å²) in [6.07, 6.45) is 0.756. The number of benzene rings is 1. The van der Waals surface area contributed by atoms with Crippen molar-refractivity contribution in [1.82, 2.24) is 24.2 Å².